The zero-order valence-electron chi connectivity index (χ0n) is 14.9. The molecule has 0 radical (unpaired) electrons. The van der Waals surface area contributed by atoms with Crippen molar-refractivity contribution in [1.82, 2.24) is 19.5 Å². The lowest BCUT2D eigenvalue weighted by Crippen LogP contribution is -2.10. The lowest BCUT2D eigenvalue weighted by atomic mass is 10.3. The van der Waals surface area contributed by atoms with Crippen molar-refractivity contribution in [1.29, 1.82) is 0 Å². The Hall–Kier alpha value is -3.22. The summed E-state index contributed by atoms with van der Waals surface area (Å²) >= 11 is 0. The number of halogens is 3. The van der Waals surface area contributed by atoms with E-state index in [0.717, 1.165) is 24.5 Å². The van der Waals surface area contributed by atoms with Gasteiger partial charge in [-0.3, -0.25) is 0 Å². The SMILES string of the molecule is CCS(=O)(=O)c1cc(OC(=O)O)cnc1-c1nc2cc(C(F)(F)F)ncc2n1C. The van der Waals surface area contributed by atoms with Gasteiger partial charge in [0.1, 0.15) is 16.3 Å². The van der Waals surface area contributed by atoms with Gasteiger partial charge in [0.2, 0.25) is 0 Å². The Morgan fingerprint density at radius 1 is 1.24 bits per heavy atom. The highest BCUT2D eigenvalue weighted by Crippen LogP contribution is 2.33. The molecule has 0 atom stereocenters. The van der Waals surface area contributed by atoms with Crippen molar-refractivity contribution in [3.8, 4) is 17.3 Å². The number of rotatable bonds is 4. The number of sulfone groups is 1. The van der Waals surface area contributed by atoms with Crippen molar-refractivity contribution in [2.24, 2.45) is 7.05 Å². The van der Waals surface area contributed by atoms with Crippen molar-refractivity contribution in [2.75, 3.05) is 5.75 Å². The maximum atomic E-state index is 12.9. The van der Waals surface area contributed by atoms with Crippen LogP contribution in [0.25, 0.3) is 22.6 Å². The lowest BCUT2D eigenvalue weighted by molar-refractivity contribution is -0.141. The molecule has 9 nitrogen and oxygen atoms in total. The normalized spacial score (nSPS) is 12.3. The highest BCUT2D eigenvalue weighted by molar-refractivity contribution is 7.91. The third-order valence-electron chi connectivity index (χ3n) is 4.02. The van der Waals surface area contributed by atoms with Crippen LogP contribution in [0.1, 0.15) is 12.6 Å². The zero-order valence-corrected chi connectivity index (χ0v) is 15.7. The van der Waals surface area contributed by atoms with Crippen LogP contribution in [0.4, 0.5) is 18.0 Å². The summed E-state index contributed by atoms with van der Waals surface area (Å²) in [6.07, 6.45) is -4.37. The van der Waals surface area contributed by atoms with Crippen LogP contribution in [0.3, 0.4) is 0 Å². The number of nitrogens with zero attached hydrogens (tertiary/aromatic N) is 4. The molecule has 3 aromatic heterocycles. The summed E-state index contributed by atoms with van der Waals surface area (Å²) in [5.41, 5.74) is -1.14. The molecule has 13 heteroatoms. The molecular formula is C16H13F3N4O5S. The second kappa shape index (κ2) is 6.99. The molecular weight excluding hydrogens is 417 g/mol. The van der Waals surface area contributed by atoms with Gasteiger partial charge in [-0.2, -0.15) is 13.2 Å². The Morgan fingerprint density at radius 2 is 1.93 bits per heavy atom. The first kappa shape index (κ1) is 20.5. The van der Waals surface area contributed by atoms with Gasteiger partial charge in [0.15, 0.2) is 21.4 Å². The maximum Gasteiger partial charge on any atom is 0.511 e. The molecule has 154 valence electrons. The number of alkyl halides is 3. The molecule has 0 aromatic carbocycles. The van der Waals surface area contributed by atoms with Gasteiger partial charge in [-0.1, -0.05) is 6.92 Å². The summed E-state index contributed by atoms with van der Waals surface area (Å²) in [4.78, 5) is 21.8. The van der Waals surface area contributed by atoms with Crippen molar-refractivity contribution in [3.05, 3.63) is 30.2 Å². The van der Waals surface area contributed by atoms with Crippen LogP contribution >= 0.6 is 0 Å². The van der Waals surface area contributed by atoms with E-state index in [1.54, 1.807) is 0 Å². The number of aryl methyl sites for hydroxylation is 1. The number of carboxylic acid groups (broad SMARTS) is 1. The molecule has 3 aromatic rings. The Morgan fingerprint density at radius 3 is 2.52 bits per heavy atom. The second-order valence-electron chi connectivity index (χ2n) is 5.84. The topological polar surface area (TPSA) is 124 Å². The number of aromatic nitrogens is 4. The van der Waals surface area contributed by atoms with E-state index in [9.17, 15) is 26.4 Å². The van der Waals surface area contributed by atoms with Crippen LogP contribution in [-0.2, 0) is 23.1 Å². The van der Waals surface area contributed by atoms with Gasteiger partial charge in [-0.15, -0.1) is 0 Å². The monoisotopic (exact) mass is 430 g/mol. The summed E-state index contributed by atoms with van der Waals surface area (Å²) in [6, 6.07) is 1.72. The standard InChI is InChI=1S/C16H13F3N4O5S/c1-3-29(26,27)11-4-8(28-15(24)25)6-21-13(11)14-22-9-5-12(16(17,18)19)20-7-10(9)23(14)2/h4-7H,3H2,1-2H3,(H,24,25). The minimum absolute atomic E-state index is 0.0324. The van der Waals surface area contributed by atoms with Crippen LogP contribution in [0.15, 0.2) is 29.4 Å². The van der Waals surface area contributed by atoms with Gasteiger partial charge in [0.25, 0.3) is 0 Å². The Kier molecular flexibility index (Phi) is 4.94. The van der Waals surface area contributed by atoms with Crippen LogP contribution in [-0.4, -0.2) is 45.0 Å². The molecule has 0 aliphatic rings. The van der Waals surface area contributed by atoms with Crippen LogP contribution in [0, 0.1) is 0 Å². The number of ether oxygens (including phenoxy) is 1. The van der Waals surface area contributed by atoms with Crippen molar-refractivity contribution >= 4 is 27.0 Å². The average Bonchev–Trinajstić information content (AvgIpc) is 2.96. The van der Waals surface area contributed by atoms with E-state index >= 15 is 0 Å². The number of imidazole rings is 1. The largest absolute Gasteiger partial charge is 0.511 e. The minimum Gasteiger partial charge on any atom is -0.449 e. The van der Waals surface area contributed by atoms with E-state index < -0.39 is 27.9 Å². The number of hydrogen-bond acceptors (Lipinski definition) is 7. The van der Waals surface area contributed by atoms with Gasteiger partial charge in [0.05, 0.1) is 29.2 Å². The van der Waals surface area contributed by atoms with Crippen molar-refractivity contribution in [2.45, 2.75) is 18.0 Å². The summed E-state index contributed by atoms with van der Waals surface area (Å²) in [5.74, 6) is -0.690. The summed E-state index contributed by atoms with van der Waals surface area (Å²) in [5, 5.41) is 8.72. The second-order valence-corrected chi connectivity index (χ2v) is 8.09. The maximum absolute atomic E-state index is 12.9. The molecule has 0 amide bonds. The number of hydrogen-bond donors (Lipinski definition) is 1. The van der Waals surface area contributed by atoms with Gasteiger partial charge in [-0.25, -0.2) is 28.2 Å². The summed E-state index contributed by atoms with van der Waals surface area (Å²) in [6.45, 7) is 1.37. The molecule has 0 bridgehead atoms. The van der Waals surface area contributed by atoms with Crippen LogP contribution in [0.5, 0.6) is 5.75 Å². The molecule has 3 rings (SSSR count). The highest BCUT2D eigenvalue weighted by atomic mass is 32.2. The lowest BCUT2D eigenvalue weighted by Gasteiger charge is -2.10. The van der Waals surface area contributed by atoms with Gasteiger partial charge in [0, 0.05) is 13.1 Å². The predicted molar refractivity (Wildman–Crippen MR) is 93.1 cm³/mol. The molecule has 0 saturated carbocycles. The first-order chi connectivity index (χ1) is 13.4. The summed E-state index contributed by atoms with van der Waals surface area (Å²) < 4.78 is 69.5. The van der Waals surface area contributed by atoms with Gasteiger partial charge < -0.3 is 14.4 Å². The van der Waals surface area contributed by atoms with E-state index in [-0.39, 0.29) is 38.9 Å². The first-order valence-electron chi connectivity index (χ1n) is 7.97. The Labute approximate surface area is 161 Å². The average molecular weight is 430 g/mol. The Balaban J connectivity index is 2.25. The quantitative estimate of drug-likeness (QED) is 0.627. The molecule has 3 heterocycles. The third kappa shape index (κ3) is 3.85. The first-order valence-corrected chi connectivity index (χ1v) is 9.63. The molecule has 0 aliphatic carbocycles. The molecule has 29 heavy (non-hydrogen) atoms. The molecule has 0 fully saturated rings. The minimum atomic E-state index is -4.67. The highest BCUT2D eigenvalue weighted by Gasteiger charge is 2.33. The Bertz CT molecular complexity index is 1220. The number of pyridine rings is 2. The molecule has 1 N–H and O–H groups in total. The van der Waals surface area contributed by atoms with E-state index in [1.165, 1.54) is 18.5 Å². The van der Waals surface area contributed by atoms with Crippen molar-refractivity contribution in [3.63, 3.8) is 0 Å². The fourth-order valence-electron chi connectivity index (χ4n) is 2.60. The number of fused-ring (bicyclic) bond motifs is 1. The molecule has 0 saturated heterocycles. The fraction of sp³-hybridized carbons (Fsp3) is 0.250. The third-order valence-corrected chi connectivity index (χ3v) is 5.76. The van der Waals surface area contributed by atoms with Crippen molar-refractivity contribution < 1.29 is 36.2 Å². The smallest absolute Gasteiger partial charge is 0.449 e. The van der Waals surface area contributed by atoms with E-state index in [2.05, 4.69) is 19.7 Å². The van der Waals surface area contributed by atoms with Crippen LogP contribution in [0.2, 0.25) is 0 Å². The molecule has 0 aliphatic heterocycles. The van der Waals surface area contributed by atoms with E-state index in [1.807, 2.05) is 0 Å². The van der Waals surface area contributed by atoms with Gasteiger partial charge >= 0.3 is 12.3 Å². The van der Waals surface area contributed by atoms with Crippen LogP contribution < -0.4 is 4.74 Å². The number of carbonyl (C=O) groups is 1. The van der Waals surface area contributed by atoms with Gasteiger partial charge in [-0.05, 0) is 6.07 Å². The zero-order chi connectivity index (χ0) is 21.6. The van der Waals surface area contributed by atoms with E-state index in [4.69, 9.17) is 5.11 Å². The summed E-state index contributed by atoms with van der Waals surface area (Å²) in [7, 11) is -2.44. The van der Waals surface area contributed by atoms with E-state index in [0.29, 0.717) is 0 Å². The fourth-order valence-corrected chi connectivity index (χ4v) is 3.64. The molecule has 0 unspecified atom stereocenters. The molecule has 0 spiro atoms. The predicted octanol–water partition coefficient (Wildman–Crippen LogP) is 2.90.